The molecule has 0 amide bonds. The summed E-state index contributed by atoms with van der Waals surface area (Å²) in [6.45, 7) is 9.60. The molecule has 0 aliphatic heterocycles. The highest BCUT2D eigenvalue weighted by Crippen LogP contribution is 2.25. The van der Waals surface area contributed by atoms with Crippen LogP contribution in [0.5, 0.6) is 0 Å². The number of hydrogen-bond acceptors (Lipinski definition) is 2. The molecule has 0 spiro atoms. The lowest BCUT2D eigenvalue weighted by molar-refractivity contribution is 0.101. The van der Waals surface area contributed by atoms with Crippen LogP contribution in [0.2, 0.25) is 0 Å². The van der Waals surface area contributed by atoms with E-state index >= 15 is 0 Å². The van der Waals surface area contributed by atoms with Gasteiger partial charge in [-0.1, -0.05) is 30.3 Å². The Kier molecular flexibility index (Phi) is 5.53. The molecule has 0 aliphatic rings. The molecule has 2 aromatic carbocycles. The first-order chi connectivity index (χ1) is 10.8. The van der Waals surface area contributed by atoms with Crippen molar-refractivity contribution in [1.82, 2.24) is 0 Å². The van der Waals surface area contributed by atoms with Gasteiger partial charge < -0.3 is 0 Å². The van der Waals surface area contributed by atoms with E-state index in [1.165, 1.54) is 5.56 Å². The molecule has 0 fully saturated rings. The first kappa shape index (κ1) is 17.6. The second-order valence-corrected chi connectivity index (χ2v) is 7.66. The maximum Gasteiger partial charge on any atom is 0.160 e. The van der Waals surface area contributed by atoms with Gasteiger partial charge in [0.05, 0.1) is 0 Å². The summed E-state index contributed by atoms with van der Waals surface area (Å²) in [6, 6.07) is 10.1. The second-order valence-electron chi connectivity index (χ2n) is 6.20. The molecular formula is C20H24O2S. The second kappa shape index (κ2) is 7.22. The Morgan fingerprint density at radius 3 is 2.22 bits per heavy atom. The standard InChI is InChI=1S/C20H24O2S/c1-13-8-6-7-9-18(13)11-23(22)12-19-14(2)10-15(3)20(16(19)4)17(5)21/h6-10H,11-12H2,1-5H3. The number of hydrogen-bond donors (Lipinski definition) is 0. The van der Waals surface area contributed by atoms with Crippen LogP contribution in [0.15, 0.2) is 30.3 Å². The van der Waals surface area contributed by atoms with E-state index in [4.69, 9.17) is 0 Å². The van der Waals surface area contributed by atoms with E-state index in [9.17, 15) is 9.00 Å². The summed E-state index contributed by atoms with van der Waals surface area (Å²) in [6.07, 6.45) is 0. The number of aryl methyl sites for hydroxylation is 3. The van der Waals surface area contributed by atoms with E-state index < -0.39 is 10.8 Å². The molecule has 0 saturated carbocycles. The van der Waals surface area contributed by atoms with Crippen LogP contribution in [-0.4, -0.2) is 9.99 Å². The van der Waals surface area contributed by atoms with Crippen molar-refractivity contribution in [1.29, 1.82) is 0 Å². The van der Waals surface area contributed by atoms with E-state index in [1.54, 1.807) is 6.92 Å². The summed E-state index contributed by atoms with van der Waals surface area (Å²) in [4.78, 5) is 11.9. The molecule has 0 radical (unpaired) electrons. The third-order valence-corrected chi connectivity index (χ3v) is 5.61. The number of benzene rings is 2. The molecule has 0 bridgehead atoms. The highest BCUT2D eigenvalue weighted by molar-refractivity contribution is 7.83. The minimum atomic E-state index is -0.992. The van der Waals surface area contributed by atoms with Gasteiger partial charge >= 0.3 is 0 Å². The summed E-state index contributed by atoms with van der Waals surface area (Å²) in [5.74, 6) is 1.12. The zero-order chi connectivity index (χ0) is 17.1. The zero-order valence-electron chi connectivity index (χ0n) is 14.5. The van der Waals surface area contributed by atoms with Crippen molar-refractivity contribution in [2.75, 3.05) is 0 Å². The van der Waals surface area contributed by atoms with Crippen molar-refractivity contribution >= 4 is 16.6 Å². The molecule has 0 aliphatic carbocycles. The summed E-state index contributed by atoms with van der Waals surface area (Å²) >= 11 is 0. The summed E-state index contributed by atoms with van der Waals surface area (Å²) < 4.78 is 12.6. The van der Waals surface area contributed by atoms with Crippen LogP contribution < -0.4 is 0 Å². The summed E-state index contributed by atoms with van der Waals surface area (Å²) in [7, 11) is -0.992. The quantitative estimate of drug-likeness (QED) is 0.753. The van der Waals surface area contributed by atoms with E-state index in [0.717, 1.165) is 33.4 Å². The third-order valence-electron chi connectivity index (χ3n) is 4.37. The van der Waals surface area contributed by atoms with Crippen LogP contribution in [-0.2, 0) is 22.3 Å². The van der Waals surface area contributed by atoms with Crippen LogP contribution in [0.3, 0.4) is 0 Å². The fourth-order valence-electron chi connectivity index (χ4n) is 3.15. The zero-order valence-corrected chi connectivity index (χ0v) is 15.3. The van der Waals surface area contributed by atoms with E-state index in [-0.39, 0.29) is 5.78 Å². The van der Waals surface area contributed by atoms with E-state index in [0.29, 0.717) is 11.5 Å². The molecule has 0 N–H and O–H groups in total. The van der Waals surface area contributed by atoms with Gasteiger partial charge in [0.1, 0.15) is 0 Å². The van der Waals surface area contributed by atoms with Gasteiger partial charge in [0, 0.05) is 27.9 Å². The predicted molar refractivity (Wildman–Crippen MR) is 97.4 cm³/mol. The molecule has 0 saturated heterocycles. The molecule has 0 aromatic heterocycles. The van der Waals surface area contributed by atoms with Crippen molar-refractivity contribution in [3.05, 3.63) is 69.3 Å². The molecule has 0 heterocycles. The fraction of sp³-hybridized carbons (Fsp3) is 0.350. The normalized spacial score (nSPS) is 12.2. The minimum absolute atomic E-state index is 0.0749. The maximum absolute atomic E-state index is 12.6. The molecule has 2 aromatic rings. The lowest BCUT2D eigenvalue weighted by atomic mass is 9.92. The van der Waals surface area contributed by atoms with Gasteiger partial charge in [-0.15, -0.1) is 0 Å². The van der Waals surface area contributed by atoms with Crippen molar-refractivity contribution < 1.29 is 9.00 Å². The SMILES string of the molecule is CC(=O)c1c(C)cc(C)c(CS(=O)Cc2ccccc2C)c1C. The Morgan fingerprint density at radius 1 is 0.957 bits per heavy atom. The van der Waals surface area contributed by atoms with Crippen LogP contribution in [0.25, 0.3) is 0 Å². The molecule has 23 heavy (non-hydrogen) atoms. The predicted octanol–water partition coefficient (Wildman–Crippen LogP) is 4.57. The third kappa shape index (κ3) is 3.97. The van der Waals surface area contributed by atoms with E-state index in [2.05, 4.69) is 0 Å². The van der Waals surface area contributed by atoms with Gasteiger partial charge in [-0.2, -0.15) is 0 Å². The molecule has 2 nitrogen and oxygen atoms in total. The first-order valence-electron chi connectivity index (χ1n) is 7.81. The molecule has 3 heteroatoms. The van der Waals surface area contributed by atoms with Crippen molar-refractivity contribution in [2.24, 2.45) is 0 Å². The van der Waals surface area contributed by atoms with Gasteiger partial charge in [-0.25, -0.2) is 0 Å². The van der Waals surface area contributed by atoms with Crippen molar-refractivity contribution in [2.45, 2.75) is 46.1 Å². The Hall–Kier alpha value is -1.74. The Bertz CT molecular complexity index is 775. The van der Waals surface area contributed by atoms with Crippen LogP contribution in [0.4, 0.5) is 0 Å². The number of rotatable bonds is 5. The van der Waals surface area contributed by atoms with Crippen molar-refractivity contribution in [3.63, 3.8) is 0 Å². The topological polar surface area (TPSA) is 34.1 Å². The average Bonchev–Trinajstić information content (AvgIpc) is 2.45. The van der Waals surface area contributed by atoms with Gasteiger partial charge in [0.2, 0.25) is 0 Å². The first-order valence-corrected chi connectivity index (χ1v) is 9.30. The van der Waals surface area contributed by atoms with Gasteiger partial charge in [-0.3, -0.25) is 9.00 Å². The fourth-order valence-corrected chi connectivity index (χ4v) is 4.69. The number of Topliss-reactive ketones (excluding diaryl/α,β-unsaturated/α-hetero) is 1. The highest BCUT2D eigenvalue weighted by Gasteiger charge is 2.16. The Balaban J connectivity index is 2.30. The lowest BCUT2D eigenvalue weighted by Gasteiger charge is -2.16. The maximum atomic E-state index is 12.6. The molecule has 2 rings (SSSR count). The largest absolute Gasteiger partial charge is 0.294 e. The number of ketones is 1. The van der Waals surface area contributed by atoms with Crippen LogP contribution in [0, 0.1) is 27.7 Å². The molecule has 1 unspecified atom stereocenters. The van der Waals surface area contributed by atoms with Crippen LogP contribution in [0.1, 0.15) is 50.7 Å². The highest BCUT2D eigenvalue weighted by atomic mass is 32.2. The van der Waals surface area contributed by atoms with Gasteiger partial charge in [-0.05, 0) is 68.0 Å². The number of carbonyl (C=O) groups is 1. The molecule has 122 valence electrons. The summed E-state index contributed by atoms with van der Waals surface area (Å²) in [5, 5.41) is 0. The van der Waals surface area contributed by atoms with Crippen molar-refractivity contribution in [3.8, 4) is 0 Å². The monoisotopic (exact) mass is 328 g/mol. The summed E-state index contributed by atoms with van der Waals surface area (Å²) in [5.41, 5.74) is 7.21. The molecule has 1 atom stereocenters. The Morgan fingerprint density at radius 2 is 1.61 bits per heavy atom. The van der Waals surface area contributed by atoms with Gasteiger partial charge in [0.15, 0.2) is 5.78 Å². The lowest BCUT2D eigenvalue weighted by Crippen LogP contribution is -2.09. The average molecular weight is 328 g/mol. The van der Waals surface area contributed by atoms with Crippen LogP contribution >= 0.6 is 0 Å². The minimum Gasteiger partial charge on any atom is -0.294 e. The van der Waals surface area contributed by atoms with E-state index in [1.807, 2.05) is 58.0 Å². The number of carbonyl (C=O) groups excluding carboxylic acids is 1. The Labute approximate surface area is 141 Å². The molecular weight excluding hydrogens is 304 g/mol. The van der Waals surface area contributed by atoms with Gasteiger partial charge in [0.25, 0.3) is 0 Å². The smallest absolute Gasteiger partial charge is 0.160 e.